The number of alkyl halides is 1. The van der Waals surface area contributed by atoms with Gasteiger partial charge in [0.1, 0.15) is 23.2 Å². The number of hydrogen-bond acceptors (Lipinski definition) is 3. The Morgan fingerprint density at radius 2 is 2.25 bits per heavy atom. The summed E-state index contributed by atoms with van der Waals surface area (Å²) in [5, 5.41) is 10.8. The number of aromatic nitrogens is 1. The summed E-state index contributed by atoms with van der Waals surface area (Å²) in [5.74, 6) is 0.419. The first-order valence-electron chi connectivity index (χ1n) is 6.35. The molecule has 1 saturated carbocycles. The molecule has 1 aliphatic carbocycles. The predicted octanol–water partition coefficient (Wildman–Crippen LogP) is 3.91. The van der Waals surface area contributed by atoms with Gasteiger partial charge >= 0.3 is 0 Å². The second-order valence-corrected chi connectivity index (χ2v) is 5.52. The average Bonchev–Trinajstić information content (AvgIpc) is 2.42. The van der Waals surface area contributed by atoms with Crippen LogP contribution in [0.4, 0.5) is 4.39 Å². The molecule has 3 nitrogen and oxygen atoms in total. The number of nitriles is 1. The zero-order chi connectivity index (χ0) is 14.2. The maximum atomic E-state index is 14.1. The number of pyridine rings is 1. The van der Waals surface area contributed by atoms with Gasteiger partial charge in [0.2, 0.25) is 0 Å². The van der Waals surface area contributed by atoms with Crippen LogP contribution in [0.2, 0.25) is 5.15 Å². The summed E-state index contributed by atoms with van der Waals surface area (Å²) in [6.45, 7) is -0.0184. The van der Waals surface area contributed by atoms with Crippen molar-refractivity contribution in [3.8, 4) is 11.8 Å². The van der Waals surface area contributed by atoms with Crippen molar-refractivity contribution in [2.45, 2.75) is 18.5 Å². The monoisotopic (exact) mass is 290 g/mol. The quantitative estimate of drug-likeness (QED) is 0.805. The second-order valence-electron chi connectivity index (χ2n) is 5.16. The molecule has 0 atom stereocenters. The lowest BCUT2D eigenvalue weighted by molar-refractivity contribution is -0.0124. The highest BCUT2D eigenvalue weighted by Gasteiger charge is 2.45. The number of rotatable bonds is 3. The van der Waals surface area contributed by atoms with Crippen molar-refractivity contribution >= 4 is 22.4 Å². The molecule has 1 heterocycles. The Hall–Kier alpha value is -1.86. The van der Waals surface area contributed by atoms with Crippen molar-refractivity contribution in [1.82, 2.24) is 4.98 Å². The van der Waals surface area contributed by atoms with E-state index in [1.54, 1.807) is 12.3 Å². The fraction of sp³-hybridized carbons (Fsp3) is 0.333. The van der Waals surface area contributed by atoms with E-state index in [2.05, 4.69) is 11.1 Å². The lowest BCUT2D eigenvalue weighted by Crippen LogP contribution is -2.44. The van der Waals surface area contributed by atoms with Gasteiger partial charge in [-0.15, -0.1) is 0 Å². The van der Waals surface area contributed by atoms with Crippen LogP contribution in [0.25, 0.3) is 10.8 Å². The standard InChI is InChI=1S/C15H12ClFN2O/c16-14-13-2-1-12(5-11(13)3-4-19-14)20-9-15(17)6-10(7-15)8-18/h1-5,10H,6-7,9H2. The number of hydrogen-bond donors (Lipinski definition) is 0. The first-order valence-corrected chi connectivity index (χ1v) is 6.73. The summed E-state index contributed by atoms with van der Waals surface area (Å²) in [7, 11) is 0. The summed E-state index contributed by atoms with van der Waals surface area (Å²) in [6.07, 6.45) is 2.13. The Morgan fingerprint density at radius 1 is 1.45 bits per heavy atom. The normalized spacial score (nSPS) is 24.9. The number of fused-ring (bicyclic) bond motifs is 1. The molecule has 1 aromatic heterocycles. The summed E-state index contributed by atoms with van der Waals surface area (Å²) in [4.78, 5) is 4.00. The van der Waals surface area contributed by atoms with Gasteiger partial charge in [-0.25, -0.2) is 9.37 Å². The van der Waals surface area contributed by atoms with Gasteiger partial charge in [-0.3, -0.25) is 0 Å². The number of benzene rings is 1. The largest absolute Gasteiger partial charge is 0.490 e. The molecule has 0 radical (unpaired) electrons. The van der Waals surface area contributed by atoms with Gasteiger partial charge < -0.3 is 4.74 Å². The van der Waals surface area contributed by atoms with Crippen LogP contribution in [-0.4, -0.2) is 17.3 Å². The van der Waals surface area contributed by atoms with E-state index in [0.717, 1.165) is 10.8 Å². The molecule has 0 amide bonds. The molecular weight excluding hydrogens is 279 g/mol. The third-order valence-electron chi connectivity index (χ3n) is 3.59. The summed E-state index contributed by atoms with van der Waals surface area (Å²) in [5.41, 5.74) is -1.37. The Kier molecular flexibility index (Phi) is 3.23. The van der Waals surface area contributed by atoms with E-state index in [1.165, 1.54) is 0 Å². The van der Waals surface area contributed by atoms with Crippen LogP contribution in [0.5, 0.6) is 5.75 Å². The number of halogens is 2. The molecule has 2 aromatic rings. The molecule has 1 fully saturated rings. The Balaban J connectivity index is 1.71. The third-order valence-corrected chi connectivity index (χ3v) is 3.89. The summed E-state index contributed by atoms with van der Waals surface area (Å²) in [6, 6.07) is 9.27. The zero-order valence-electron chi connectivity index (χ0n) is 10.6. The van der Waals surface area contributed by atoms with Crippen LogP contribution in [0.1, 0.15) is 12.8 Å². The molecule has 1 aliphatic rings. The first-order chi connectivity index (χ1) is 9.59. The fourth-order valence-corrected chi connectivity index (χ4v) is 2.68. The maximum absolute atomic E-state index is 14.1. The lowest BCUT2D eigenvalue weighted by Gasteiger charge is -2.37. The highest BCUT2D eigenvalue weighted by Crippen LogP contribution is 2.41. The van der Waals surface area contributed by atoms with E-state index in [-0.39, 0.29) is 25.4 Å². The molecule has 1 aromatic carbocycles. The van der Waals surface area contributed by atoms with Gasteiger partial charge in [-0.05, 0) is 29.7 Å². The predicted molar refractivity (Wildman–Crippen MR) is 74.4 cm³/mol. The molecule has 0 N–H and O–H groups in total. The molecule has 0 spiro atoms. The molecule has 0 unspecified atom stereocenters. The van der Waals surface area contributed by atoms with Crippen molar-refractivity contribution in [2.24, 2.45) is 5.92 Å². The molecule has 0 saturated heterocycles. The molecule has 0 aliphatic heterocycles. The molecule has 0 bridgehead atoms. The number of nitrogens with zero attached hydrogens (tertiary/aromatic N) is 2. The second kappa shape index (κ2) is 4.92. The molecule has 20 heavy (non-hydrogen) atoms. The minimum Gasteiger partial charge on any atom is -0.490 e. The Morgan fingerprint density at radius 3 is 3.00 bits per heavy atom. The molecular formula is C15H12ClFN2O. The highest BCUT2D eigenvalue weighted by molar-refractivity contribution is 6.34. The van der Waals surface area contributed by atoms with E-state index >= 15 is 0 Å². The number of ether oxygens (including phenoxy) is 1. The molecule has 5 heteroatoms. The van der Waals surface area contributed by atoms with Crippen molar-refractivity contribution in [2.75, 3.05) is 6.61 Å². The van der Waals surface area contributed by atoms with E-state index in [0.29, 0.717) is 10.9 Å². The lowest BCUT2D eigenvalue weighted by atomic mass is 9.73. The summed E-state index contributed by atoms with van der Waals surface area (Å²) < 4.78 is 19.6. The maximum Gasteiger partial charge on any atom is 0.147 e. The van der Waals surface area contributed by atoms with Gasteiger partial charge in [-0.1, -0.05) is 11.6 Å². The van der Waals surface area contributed by atoms with Gasteiger partial charge in [-0.2, -0.15) is 5.26 Å². The summed E-state index contributed by atoms with van der Waals surface area (Å²) >= 11 is 5.98. The topological polar surface area (TPSA) is 45.9 Å². The van der Waals surface area contributed by atoms with Gasteiger partial charge in [0.25, 0.3) is 0 Å². The van der Waals surface area contributed by atoms with Crippen LogP contribution in [0, 0.1) is 17.2 Å². The van der Waals surface area contributed by atoms with E-state index < -0.39 is 5.67 Å². The first kappa shape index (κ1) is 13.1. The van der Waals surface area contributed by atoms with E-state index in [9.17, 15) is 4.39 Å². The van der Waals surface area contributed by atoms with Crippen molar-refractivity contribution < 1.29 is 9.13 Å². The van der Waals surface area contributed by atoms with Crippen molar-refractivity contribution in [1.29, 1.82) is 5.26 Å². The van der Waals surface area contributed by atoms with E-state index in [4.69, 9.17) is 21.6 Å². The minimum absolute atomic E-state index is 0.0184. The Labute approximate surface area is 120 Å². The molecule has 3 rings (SSSR count). The zero-order valence-corrected chi connectivity index (χ0v) is 11.4. The minimum atomic E-state index is -1.37. The Bertz CT molecular complexity index is 692. The van der Waals surface area contributed by atoms with Gasteiger partial charge in [0.15, 0.2) is 0 Å². The van der Waals surface area contributed by atoms with E-state index in [1.807, 2.05) is 18.2 Å². The smallest absolute Gasteiger partial charge is 0.147 e. The molecule has 102 valence electrons. The van der Waals surface area contributed by atoms with Crippen molar-refractivity contribution in [3.63, 3.8) is 0 Å². The van der Waals surface area contributed by atoms with Gasteiger partial charge in [0.05, 0.1) is 12.0 Å². The average molecular weight is 291 g/mol. The highest BCUT2D eigenvalue weighted by atomic mass is 35.5. The van der Waals surface area contributed by atoms with Crippen molar-refractivity contribution in [3.05, 3.63) is 35.6 Å². The van der Waals surface area contributed by atoms with Gasteiger partial charge in [0, 0.05) is 24.4 Å². The van der Waals surface area contributed by atoms with Crippen LogP contribution in [-0.2, 0) is 0 Å². The van der Waals surface area contributed by atoms with Crippen LogP contribution in [0.3, 0.4) is 0 Å². The van der Waals surface area contributed by atoms with Crippen LogP contribution < -0.4 is 4.74 Å². The van der Waals surface area contributed by atoms with Crippen LogP contribution >= 0.6 is 11.6 Å². The fourth-order valence-electron chi connectivity index (χ4n) is 2.45. The SMILES string of the molecule is N#CC1CC(F)(COc2ccc3c(Cl)nccc3c2)C1. The van der Waals surface area contributed by atoms with Crippen LogP contribution in [0.15, 0.2) is 30.5 Å². The third kappa shape index (κ3) is 2.41.